The summed E-state index contributed by atoms with van der Waals surface area (Å²) in [7, 11) is 1.85. The Kier molecular flexibility index (Phi) is 3.83. The van der Waals surface area contributed by atoms with Gasteiger partial charge < -0.3 is 4.42 Å². The molecule has 0 fully saturated rings. The van der Waals surface area contributed by atoms with Gasteiger partial charge in [0, 0.05) is 13.5 Å². The van der Waals surface area contributed by atoms with Crippen LogP contribution < -0.4 is 11.3 Å². The Morgan fingerprint density at radius 3 is 3.00 bits per heavy atom. The summed E-state index contributed by atoms with van der Waals surface area (Å²) in [5.74, 6) is 6.49. The highest BCUT2D eigenvalue weighted by atomic mass is 35.5. The quantitative estimate of drug-likeness (QED) is 0.631. The zero-order valence-corrected chi connectivity index (χ0v) is 10.3. The molecule has 1 atom stereocenters. The van der Waals surface area contributed by atoms with Crippen molar-refractivity contribution in [2.24, 2.45) is 12.9 Å². The summed E-state index contributed by atoms with van der Waals surface area (Å²) in [4.78, 5) is 0. The van der Waals surface area contributed by atoms with Crippen LogP contribution in [0.15, 0.2) is 29.0 Å². The summed E-state index contributed by atoms with van der Waals surface area (Å²) in [6.45, 7) is 0. The number of hydrogen-bond donors (Lipinski definition) is 2. The van der Waals surface area contributed by atoms with Crippen molar-refractivity contribution in [2.75, 3.05) is 0 Å². The highest BCUT2D eigenvalue weighted by Crippen LogP contribution is 2.25. The highest BCUT2D eigenvalue weighted by molar-refractivity contribution is 6.31. The van der Waals surface area contributed by atoms with E-state index in [2.05, 4.69) is 10.5 Å². The van der Waals surface area contributed by atoms with Gasteiger partial charge in [0.25, 0.3) is 0 Å². The second-order valence-corrected chi connectivity index (χ2v) is 4.25. The highest BCUT2D eigenvalue weighted by Gasteiger charge is 2.18. The average molecular weight is 255 g/mol. The molecule has 0 bridgehead atoms. The summed E-state index contributed by atoms with van der Waals surface area (Å²) in [6, 6.07) is 3.77. The number of aromatic nitrogens is 2. The number of halogens is 1. The molecular weight excluding hydrogens is 240 g/mol. The minimum atomic E-state index is -0.0416. The molecule has 2 rings (SSSR count). The minimum Gasteiger partial charge on any atom is -0.469 e. The van der Waals surface area contributed by atoms with Gasteiger partial charge in [-0.2, -0.15) is 5.10 Å². The number of furan rings is 1. The number of nitrogens with zero attached hydrogens (tertiary/aromatic N) is 2. The van der Waals surface area contributed by atoms with Crippen LogP contribution in [0.5, 0.6) is 0 Å². The zero-order valence-electron chi connectivity index (χ0n) is 9.56. The van der Waals surface area contributed by atoms with Gasteiger partial charge in [0.15, 0.2) is 0 Å². The van der Waals surface area contributed by atoms with E-state index in [-0.39, 0.29) is 6.04 Å². The van der Waals surface area contributed by atoms with Gasteiger partial charge >= 0.3 is 0 Å². The normalized spacial score (nSPS) is 12.9. The standard InChI is InChI=1S/C11H15ClN4O/c1-16-11(9(12)7-14-16)10(15-13)5-4-8-3-2-6-17-8/h2-3,6-7,10,15H,4-5,13H2,1H3. The van der Waals surface area contributed by atoms with Gasteiger partial charge in [-0.25, -0.2) is 0 Å². The van der Waals surface area contributed by atoms with Gasteiger partial charge in [-0.1, -0.05) is 11.6 Å². The molecule has 92 valence electrons. The lowest BCUT2D eigenvalue weighted by Gasteiger charge is -2.16. The lowest BCUT2D eigenvalue weighted by molar-refractivity contribution is 0.442. The maximum absolute atomic E-state index is 6.08. The molecule has 0 saturated heterocycles. The van der Waals surface area contributed by atoms with Crippen molar-refractivity contribution < 1.29 is 4.42 Å². The third-order valence-electron chi connectivity index (χ3n) is 2.73. The number of hydrazine groups is 1. The van der Waals surface area contributed by atoms with Crippen molar-refractivity contribution in [1.82, 2.24) is 15.2 Å². The maximum atomic E-state index is 6.08. The zero-order chi connectivity index (χ0) is 12.3. The van der Waals surface area contributed by atoms with E-state index in [9.17, 15) is 0 Å². The second kappa shape index (κ2) is 5.35. The first kappa shape index (κ1) is 12.2. The summed E-state index contributed by atoms with van der Waals surface area (Å²) in [6.07, 6.45) is 4.87. The van der Waals surface area contributed by atoms with Gasteiger partial charge in [0.05, 0.1) is 29.2 Å². The lowest BCUT2D eigenvalue weighted by Crippen LogP contribution is -2.30. The molecule has 17 heavy (non-hydrogen) atoms. The van der Waals surface area contributed by atoms with Crippen LogP contribution in [0.2, 0.25) is 5.02 Å². The maximum Gasteiger partial charge on any atom is 0.103 e. The Morgan fingerprint density at radius 1 is 1.65 bits per heavy atom. The summed E-state index contributed by atoms with van der Waals surface area (Å²) >= 11 is 6.08. The lowest BCUT2D eigenvalue weighted by atomic mass is 10.1. The van der Waals surface area contributed by atoms with E-state index in [1.165, 1.54) is 0 Å². The molecule has 0 aliphatic carbocycles. The Labute approximate surface area is 105 Å². The molecule has 6 heteroatoms. The van der Waals surface area contributed by atoms with Crippen molar-refractivity contribution in [2.45, 2.75) is 18.9 Å². The van der Waals surface area contributed by atoms with E-state index < -0.39 is 0 Å². The average Bonchev–Trinajstić information content (AvgIpc) is 2.93. The molecule has 0 radical (unpaired) electrons. The van der Waals surface area contributed by atoms with Crippen molar-refractivity contribution in [3.05, 3.63) is 41.1 Å². The smallest absolute Gasteiger partial charge is 0.103 e. The van der Waals surface area contributed by atoms with E-state index >= 15 is 0 Å². The van der Waals surface area contributed by atoms with Gasteiger partial charge in [0.1, 0.15) is 5.76 Å². The number of hydrogen-bond acceptors (Lipinski definition) is 4. The predicted molar refractivity (Wildman–Crippen MR) is 65.3 cm³/mol. The number of rotatable bonds is 5. The van der Waals surface area contributed by atoms with Crippen LogP contribution in [0, 0.1) is 0 Å². The molecule has 5 nitrogen and oxygen atoms in total. The summed E-state index contributed by atoms with van der Waals surface area (Å²) in [5, 5.41) is 4.72. The molecule has 0 amide bonds. The molecule has 0 aliphatic heterocycles. The summed E-state index contributed by atoms with van der Waals surface area (Å²) < 4.78 is 7.01. The topological polar surface area (TPSA) is 69.0 Å². The van der Waals surface area contributed by atoms with Crippen LogP contribution in [0.3, 0.4) is 0 Å². The van der Waals surface area contributed by atoms with E-state index in [1.54, 1.807) is 17.1 Å². The van der Waals surface area contributed by atoms with Crippen LogP contribution in [-0.4, -0.2) is 9.78 Å². The first-order chi connectivity index (χ1) is 8.22. The minimum absolute atomic E-state index is 0.0416. The van der Waals surface area contributed by atoms with Crippen molar-refractivity contribution in [3.63, 3.8) is 0 Å². The van der Waals surface area contributed by atoms with Gasteiger partial charge in [-0.3, -0.25) is 16.0 Å². The molecule has 3 N–H and O–H groups in total. The van der Waals surface area contributed by atoms with Crippen LogP contribution in [0.25, 0.3) is 0 Å². The number of nitrogens with one attached hydrogen (secondary N) is 1. The third kappa shape index (κ3) is 2.69. The second-order valence-electron chi connectivity index (χ2n) is 3.84. The van der Waals surface area contributed by atoms with E-state index in [0.29, 0.717) is 5.02 Å². The molecule has 0 aliphatic rings. The van der Waals surface area contributed by atoms with E-state index in [0.717, 1.165) is 24.3 Å². The first-order valence-electron chi connectivity index (χ1n) is 5.38. The third-order valence-corrected chi connectivity index (χ3v) is 3.02. The first-order valence-corrected chi connectivity index (χ1v) is 5.76. The molecule has 0 aromatic carbocycles. The molecule has 0 spiro atoms. The fourth-order valence-corrected chi connectivity index (χ4v) is 2.15. The fourth-order valence-electron chi connectivity index (χ4n) is 1.85. The van der Waals surface area contributed by atoms with Crippen LogP contribution >= 0.6 is 11.6 Å². The van der Waals surface area contributed by atoms with E-state index in [4.69, 9.17) is 21.9 Å². The predicted octanol–water partition coefficient (Wildman–Crippen LogP) is 1.80. The van der Waals surface area contributed by atoms with Gasteiger partial charge in [-0.05, 0) is 18.6 Å². The molecule has 2 heterocycles. The molecule has 2 aromatic rings. The largest absolute Gasteiger partial charge is 0.469 e. The SMILES string of the molecule is Cn1ncc(Cl)c1C(CCc1ccco1)NN. The molecular formula is C11H15ClN4O. The Balaban J connectivity index is 2.07. The number of aryl methyl sites for hydroxylation is 2. The molecule has 0 saturated carbocycles. The fraction of sp³-hybridized carbons (Fsp3) is 0.364. The van der Waals surface area contributed by atoms with E-state index in [1.807, 2.05) is 19.2 Å². The van der Waals surface area contributed by atoms with Gasteiger partial charge in [0.2, 0.25) is 0 Å². The van der Waals surface area contributed by atoms with Gasteiger partial charge in [-0.15, -0.1) is 0 Å². The monoisotopic (exact) mass is 254 g/mol. The van der Waals surface area contributed by atoms with Crippen molar-refractivity contribution in [3.8, 4) is 0 Å². The van der Waals surface area contributed by atoms with Crippen molar-refractivity contribution in [1.29, 1.82) is 0 Å². The Morgan fingerprint density at radius 2 is 2.47 bits per heavy atom. The van der Waals surface area contributed by atoms with Crippen LogP contribution in [0.1, 0.15) is 23.9 Å². The van der Waals surface area contributed by atoms with Crippen LogP contribution in [-0.2, 0) is 13.5 Å². The van der Waals surface area contributed by atoms with Crippen LogP contribution in [0.4, 0.5) is 0 Å². The van der Waals surface area contributed by atoms with Crippen molar-refractivity contribution >= 4 is 11.6 Å². The molecule has 1 unspecified atom stereocenters. The Bertz CT molecular complexity index is 446. The molecule has 2 aromatic heterocycles. The number of nitrogens with two attached hydrogens (primary N) is 1. The Hall–Kier alpha value is -1.30. The summed E-state index contributed by atoms with van der Waals surface area (Å²) in [5.41, 5.74) is 3.65.